The van der Waals surface area contributed by atoms with Crippen LogP contribution in [0.1, 0.15) is 24.9 Å². The van der Waals surface area contributed by atoms with E-state index in [-0.39, 0.29) is 0 Å². The fourth-order valence-electron chi connectivity index (χ4n) is 2.51. The highest BCUT2D eigenvalue weighted by Gasteiger charge is 2.30. The third kappa shape index (κ3) is 1.88. The Morgan fingerprint density at radius 2 is 2.25 bits per heavy atom. The average Bonchev–Trinajstić information content (AvgIpc) is 2.88. The van der Waals surface area contributed by atoms with E-state index in [0.29, 0.717) is 18.2 Å². The van der Waals surface area contributed by atoms with Gasteiger partial charge in [-0.1, -0.05) is 18.2 Å². The van der Waals surface area contributed by atoms with Crippen LogP contribution >= 0.6 is 11.8 Å². The van der Waals surface area contributed by atoms with Crippen LogP contribution in [-0.4, -0.2) is 24.5 Å². The van der Waals surface area contributed by atoms with E-state index in [2.05, 4.69) is 36.5 Å². The summed E-state index contributed by atoms with van der Waals surface area (Å²) in [5.74, 6) is 1.16. The lowest BCUT2D eigenvalue weighted by atomic mass is 10.1. The van der Waals surface area contributed by atoms with E-state index < -0.39 is 0 Å². The molecule has 0 amide bonds. The Morgan fingerprint density at radius 1 is 1.38 bits per heavy atom. The molecule has 3 unspecified atom stereocenters. The van der Waals surface area contributed by atoms with Gasteiger partial charge in [0.05, 0.1) is 6.10 Å². The fraction of sp³-hybridized carbons (Fsp3) is 0.538. The smallest absolute Gasteiger partial charge is 0.0700 e. The molecule has 0 bridgehead atoms. The van der Waals surface area contributed by atoms with Crippen LogP contribution in [0.2, 0.25) is 0 Å². The fourth-order valence-corrected chi connectivity index (χ4v) is 3.68. The first kappa shape index (κ1) is 10.6. The molecule has 1 aromatic rings. The minimum atomic E-state index is 0.359. The number of hydrogen-bond acceptors (Lipinski definition) is 3. The van der Waals surface area contributed by atoms with Crippen LogP contribution in [-0.2, 0) is 4.74 Å². The molecule has 1 aromatic carbocycles. The van der Waals surface area contributed by atoms with Crippen LogP contribution in [0.25, 0.3) is 0 Å². The van der Waals surface area contributed by atoms with Gasteiger partial charge in [-0.15, -0.1) is 11.8 Å². The molecule has 1 N–H and O–H groups in total. The van der Waals surface area contributed by atoms with E-state index >= 15 is 0 Å². The average molecular weight is 235 g/mol. The quantitative estimate of drug-likeness (QED) is 0.851. The number of nitrogens with one attached hydrogen (secondary N) is 1. The number of fused-ring (bicyclic) bond motifs is 1. The van der Waals surface area contributed by atoms with Crippen LogP contribution < -0.4 is 5.32 Å². The maximum atomic E-state index is 5.59. The van der Waals surface area contributed by atoms with Crippen LogP contribution in [0.4, 0.5) is 0 Å². The van der Waals surface area contributed by atoms with Crippen molar-refractivity contribution in [2.45, 2.75) is 36.4 Å². The maximum absolute atomic E-state index is 5.59. The molecular weight excluding hydrogens is 218 g/mol. The van der Waals surface area contributed by atoms with Gasteiger partial charge >= 0.3 is 0 Å². The van der Waals surface area contributed by atoms with Crippen molar-refractivity contribution in [1.29, 1.82) is 0 Å². The Morgan fingerprint density at radius 3 is 3.06 bits per heavy atom. The van der Waals surface area contributed by atoms with Gasteiger partial charge in [0.25, 0.3) is 0 Å². The van der Waals surface area contributed by atoms with Crippen molar-refractivity contribution in [2.24, 2.45) is 0 Å². The number of ether oxygens (including phenoxy) is 1. The van der Waals surface area contributed by atoms with E-state index in [4.69, 9.17) is 4.74 Å². The molecule has 2 heterocycles. The molecule has 1 fully saturated rings. The molecule has 0 saturated carbocycles. The summed E-state index contributed by atoms with van der Waals surface area (Å²) in [4.78, 5) is 1.44. The first-order valence-corrected chi connectivity index (χ1v) is 6.92. The summed E-state index contributed by atoms with van der Waals surface area (Å²) in [6, 6.07) is 9.75. The molecule has 2 nitrogen and oxygen atoms in total. The van der Waals surface area contributed by atoms with E-state index in [1.807, 2.05) is 11.8 Å². The highest BCUT2D eigenvalue weighted by atomic mass is 32.2. The molecular formula is C13H17NOS. The number of benzene rings is 1. The van der Waals surface area contributed by atoms with Crippen molar-refractivity contribution in [3.05, 3.63) is 29.8 Å². The van der Waals surface area contributed by atoms with Crippen molar-refractivity contribution in [3.63, 3.8) is 0 Å². The van der Waals surface area contributed by atoms with Crippen LogP contribution in [0.15, 0.2) is 29.2 Å². The van der Waals surface area contributed by atoms with Gasteiger partial charge in [-0.25, -0.2) is 0 Å². The molecule has 1 saturated heterocycles. The molecule has 3 heteroatoms. The number of hydrogen-bond donors (Lipinski definition) is 1. The minimum Gasteiger partial charge on any atom is -0.377 e. The SMILES string of the molecule is CC1OCCC1NC1CSc2ccccc21. The van der Waals surface area contributed by atoms with Gasteiger partial charge in [0.15, 0.2) is 0 Å². The van der Waals surface area contributed by atoms with Gasteiger partial charge in [-0.2, -0.15) is 0 Å². The molecule has 2 aliphatic rings. The summed E-state index contributed by atoms with van der Waals surface area (Å²) < 4.78 is 5.59. The molecule has 0 aliphatic carbocycles. The Labute approximate surface area is 101 Å². The topological polar surface area (TPSA) is 21.3 Å². The molecule has 3 atom stereocenters. The zero-order chi connectivity index (χ0) is 11.0. The standard InChI is InChI=1S/C13H17NOS/c1-9-11(6-7-15-9)14-12-8-16-13-5-3-2-4-10(12)13/h2-5,9,11-12,14H,6-8H2,1H3. The molecule has 0 spiro atoms. The second-order valence-corrected chi connectivity index (χ2v) is 5.60. The molecule has 0 aromatic heterocycles. The monoisotopic (exact) mass is 235 g/mol. The van der Waals surface area contributed by atoms with Crippen LogP contribution in [0.3, 0.4) is 0 Å². The number of thioether (sulfide) groups is 1. The van der Waals surface area contributed by atoms with Gasteiger partial charge in [-0.05, 0) is 25.0 Å². The van der Waals surface area contributed by atoms with E-state index in [1.165, 1.54) is 10.5 Å². The Balaban J connectivity index is 1.73. The third-order valence-corrected chi connectivity index (χ3v) is 4.67. The zero-order valence-corrected chi connectivity index (χ0v) is 10.3. The Hall–Kier alpha value is -0.510. The maximum Gasteiger partial charge on any atom is 0.0700 e. The summed E-state index contributed by atoms with van der Waals surface area (Å²) in [5, 5.41) is 3.74. The lowest BCUT2D eigenvalue weighted by Crippen LogP contribution is -2.37. The van der Waals surface area contributed by atoms with Crippen molar-refractivity contribution >= 4 is 11.8 Å². The highest BCUT2D eigenvalue weighted by molar-refractivity contribution is 7.99. The molecule has 86 valence electrons. The highest BCUT2D eigenvalue weighted by Crippen LogP contribution is 2.38. The second-order valence-electron chi connectivity index (χ2n) is 4.54. The van der Waals surface area contributed by atoms with Gasteiger partial charge < -0.3 is 10.1 Å². The summed E-state index contributed by atoms with van der Waals surface area (Å²) in [7, 11) is 0. The van der Waals surface area contributed by atoms with Gasteiger partial charge in [0.2, 0.25) is 0 Å². The largest absolute Gasteiger partial charge is 0.377 e. The molecule has 2 aliphatic heterocycles. The van der Waals surface area contributed by atoms with Crippen LogP contribution in [0.5, 0.6) is 0 Å². The van der Waals surface area contributed by atoms with Gasteiger partial charge in [-0.3, -0.25) is 0 Å². The zero-order valence-electron chi connectivity index (χ0n) is 9.48. The van der Waals surface area contributed by atoms with Crippen molar-refractivity contribution in [1.82, 2.24) is 5.32 Å². The first-order valence-electron chi connectivity index (χ1n) is 5.94. The minimum absolute atomic E-state index is 0.359. The van der Waals surface area contributed by atoms with E-state index in [9.17, 15) is 0 Å². The summed E-state index contributed by atoms with van der Waals surface area (Å²) >= 11 is 1.96. The Kier molecular flexibility index (Phi) is 2.92. The molecule has 0 radical (unpaired) electrons. The van der Waals surface area contributed by atoms with E-state index in [0.717, 1.165) is 18.8 Å². The van der Waals surface area contributed by atoms with E-state index in [1.54, 1.807) is 0 Å². The predicted octanol–water partition coefficient (Wildman–Crippen LogP) is 2.60. The van der Waals surface area contributed by atoms with Crippen molar-refractivity contribution < 1.29 is 4.74 Å². The first-order chi connectivity index (χ1) is 7.84. The summed E-state index contributed by atoms with van der Waals surface area (Å²) in [6.45, 7) is 3.07. The lowest BCUT2D eigenvalue weighted by Gasteiger charge is -2.21. The normalized spacial score (nSPS) is 32.9. The summed E-state index contributed by atoms with van der Waals surface area (Å²) in [6.07, 6.45) is 1.50. The van der Waals surface area contributed by atoms with Crippen molar-refractivity contribution in [3.8, 4) is 0 Å². The summed E-state index contributed by atoms with van der Waals surface area (Å²) in [5.41, 5.74) is 1.46. The third-order valence-electron chi connectivity index (χ3n) is 3.49. The Bertz CT molecular complexity index is 382. The van der Waals surface area contributed by atoms with Crippen LogP contribution in [0, 0.1) is 0 Å². The van der Waals surface area contributed by atoms with Gasteiger partial charge in [0, 0.05) is 29.3 Å². The number of rotatable bonds is 2. The lowest BCUT2D eigenvalue weighted by molar-refractivity contribution is 0.111. The molecule has 16 heavy (non-hydrogen) atoms. The van der Waals surface area contributed by atoms with Crippen molar-refractivity contribution in [2.75, 3.05) is 12.4 Å². The predicted molar refractivity (Wildman–Crippen MR) is 66.9 cm³/mol. The molecule has 3 rings (SSSR count). The second kappa shape index (κ2) is 4.40. The van der Waals surface area contributed by atoms with Gasteiger partial charge in [0.1, 0.15) is 0 Å².